The van der Waals surface area contributed by atoms with Gasteiger partial charge in [0.15, 0.2) is 0 Å². The third-order valence-electron chi connectivity index (χ3n) is 6.19. The predicted octanol–water partition coefficient (Wildman–Crippen LogP) is 2.93. The van der Waals surface area contributed by atoms with Gasteiger partial charge >= 0.3 is 0 Å². The average molecular weight is 367 g/mol. The van der Waals surface area contributed by atoms with Crippen molar-refractivity contribution >= 4 is 5.91 Å². The van der Waals surface area contributed by atoms with E-state index < -0.39 is 0 Å². The molecule has 6 heteroatoms. The van der Waals surface area contributed by atoms with E-state index >= 15 is 0 Å². The number of benzene rings is 1. The minimum atomic E-state index is -0.295. The maximum atomic E-state index is 13.5. The Hall–Kier alpha value is -2.21. The maximum Gasteiger partial charge on any atom is 0.241 e. The zero-order valence-electron chi connectivity index (χ0n) is 15.9. The summed E-state index contributed by atoms with van der Waals surface area (Å²) in [5.74, 6) is 0.217. The fourth-order valence-corrected chi connectivity index (χ4v) is 4.70. The molecule has 1 atom stereocenters. The van der Waals surface area contributed by atoms with Crippen molar-refractivity contribution in [1.29, 1.82) is 0 Å². The van der Waals surface area contributed by atoms with Crippen LogP contribution in [0.1, 0.15) is 56.6 Å². The molecule has 1 N–H and O–H groups in total. The van der Waals surface area contributed by atoms with Crippen LogP contribution in [0.4, 0.5) is 0 Å². The lowest BCUT2D eigenvalue weighted by Gasteiger charge is -2.38. The van der Waals surface area contributed by atoms with E-state index in [9.17, 15) is 4.79 Å². The van der Waals surface area contributed by atoms with Crippen molar-refractivity contribution in [1.82, 2.24) is 25.0 Å². The van der Waals surface area contributed by atoms with Crippen molar-refractivity contribution in [2.45, 2.75) is 63.1 Å². The number of amides is 1. The lowest BCUT2D eigenvalue weighted by molar-refractivity contribution is -0.133. The SMILES string of the molecule is O=C(N[C@H](CCn1cncn1)c1ccccc1)C1(N2CCCC2)CCCC1. The minimum Gasteiger partial charge on any atom is -0.348 e. The van der Waals surface area contributed by atoms with Gasteiger partial charge in [0.25, 0.3) is 0 Å². The largest absolute Gasteiger partial charge is 0.348 e. The second-order valence-corrected chi connectivity index (χ2v) is 7.82. The number of rotatable bonds is 7. The highest BCUT2D eigenvalue weighted by Gasteiger charge is 2.47. The van der Waals surface area contributed by atoms with Crippen molar-refractivity contribution < 1.29 is 4.79 Å². The van der Waals surface area contributed by atoms with E-state index in [1.807, 2.05) is 22.9 Å². The fourth-order valence-electron chi connectivity index (χ4n) is 4.70. The van der Waals surface area contributed by atoms with Crippen LogP contribution >= 0.6 is 0 Å². The molecule has 1 aliphatic heterocycles. The van der Waals surface area contributed by atoms with Crippen LogP contribution in [0, 0.1) is 0 Å². The minimum absolute atomic E-state index is 0.0111. The van der Waals surface area contributed by atoms with Crippen molar-refractivity contribution in [2.75, 3.05) is 13.1 Å². The van der Waals surface area contributed by atoms with Crippen LogP contribution in [0.15, 0.2) is 43.0 Å². The third-order valence-corrected chi connectivity index (χ3v) is 6.19. The average Bonchev–Trinajstić information content (AvgIpc) is 3.48. The third kappa shape index (κ3) is 3.90. The first-order valence-corrected chi connectivity index (χ1v) is 10.2. The molecule has 2 aliphatic rings. The number of carbonyl (C=O) groups excluding carboxylic acids is 1. The lowest BCUT2D eigenvalue weighted by atomic mass is 9.92. The highest BCUT2D eigenvalue weighted by atomic mass is 16.2. The molecule has 27 heavy (non-hydrogen) atoms. The zero-order valence-corrected chi connectivity index (χ0v) is 15.9. The Balaban J connectivity index is 1.51. The van der Waals surface area contributed by atoms with Crippen LogP contribution < -0.4 is 5.32 Å². The highest BCUT2D eigenvalue weighted by molar-refractivity contribution is 5.87. The summed E-state index contributed by atoms with van der Waals surface area (Å²) < 4.78 is 1.83. The number of nitrogens with zero attached hydrogens (tertiary/aromatic N) is 4. The normalized spacial score (nSPS) is 20.6. The molecule has 0 radical (unpaired) electrons. The summed E-state index contributed by atoms with van der Waals surface area (Å²) in [4.78, 5) is 20.0. The molecule has 4 rings (SSSR count). The Morgan fingerprint density at radius 2 is 1.85 bits per heavy atom. The standard InChI is InChI=1S/C21H29N5O/c27-20(21(11-4-5-12-21)25-13-6-7-14-25)24-19(18-8-2-1-3-9-18)10-15-26-17-22-16-23-26/h1-3,8-9,16-17,19H,4-7,10-15H2,(H,24,27)/t19-/m1/s1. The smallest absolute Gasteiger partial charge is 0.241 e. The Bertz CT molecular complexity index is 718. The molecular weight excluding hydrogens is 338 g/mol. The monoisotopic (exact) mass is 367 g/mol. The van der Waals surface area contributed by atoms with Crippen molar-refractivity contribution in [3.05, 3.63) is 48.5 Å². The van der Waals surface area contributed by atoms with Gasteiger partial charge in [0.05, 0.1) is 6.04 Å². The van der Waals surface area contributed by atoms with Gasteiger partial charge in [-0.1, -0.05) is 43.2 Å². The highest BCUT2D eigenvalue weighted by Crippen LogP contribution is 2.38. The topological polar surface area (TPSA) is 63.1 Å². The first-order valence-electron chi connectivity index (χ1n) is 10.2. The molecule has 1 aromatic heterocycles. The first kappa shape index (κ1) is 18.2. The Kier molecular flexibility index (Phi) is 5.53. The zero-order chi connectivity index (χ0) is 18.5. The van der Waals surface area contributed by atoms with E-state index in [1.54, 1.807) is 12.7 Å². The summed E-state index contributed by atoms with van der Waals surface area (Å²) in [7, 11) is 0. The number of hydrogen-bond donors (Lipinski definition) is 1. The number of hydrogen-bond acceptors (Lipinski definition) is 4. The maximum absolute atomic E-state index is 13.5. The molecule has 2 heterocycles. The van der Waals surface area contributed by atoms with E-state index in [0.29, 0.717) is 0 Å². The first-order chi connectivity index (χ1) is 13.3. The van der Waals surface area contributed by atoms with Gasteiger partial charge in [0.1, 0.15) is 18.2 Å². The predicted molar refractivity (Wildman–Crippen MR) is 104 cm³/mol. The van der Waals surface area contributed by atoms with Crippen LogP contribution in [-0.2, 0) is 11.3 Å². The van der Waals surface area contributed by atoms with E-state index in [1.165, 1.54) is 12.8 Å². The van der Waals surface area contributed by atoms with Crippen LogP contribution in [-0.4, -0.2) is 44.2 Å². The summed E-state index contributed by atoms with van der Waals surface area (Å²) in [6.45, 7) is 2.85. The second-order valence-electron chi connectivity index (χ2n) is 7.82. The lowest BCUT2D eigenvalue weighted by Crippen LogP contribution is -2.56. The molecule has 1 amide bonds. The van der Waals surface area contributed by atoms with Gasteiger partial charge in [-0.25, -0.2) is 4.98 Å². The van der Waals surface area contributed by atoms with Gasteiger partial charge in [-0.2, -0.15) is 5.10 Å². The van der Waals surface area contributed by atoms with Gasteiger partial charge in [-0.15, -0.1) is 0 Å². The summed E-state index contributed by atoms with van der Waals surface area (Å²) in [5, 5.41) is 7.61. The summed E-state index contributed by atoms with van der Waals surface area (Å²) in [5.41, 5.74) is 0.858. The van der Waals surface area contributed by atoms with Gasteiger partial charge in [-0.05, 0) is 50.8 Å². The van der Waals surface area contributed by atoms with Crippen molar-refractivity contribution in [3.63, 3.8) is 0 Å². The summed E-state index contributed by atoms with van der Waals surface area (Å²) >= 11 is 0. The van der Waals surface area contributed by atoms with Crippen LogP contribution in [0.5, 0.6) is 0 Å². The molecule has 0 unspecified atom stereocenters. The van der Waals surface area contributed by atoms with Crippen LogP contribution in [0.3, 0.4) is 0 Å². The molecule has 2 aromatic rings. The molecule has 144 valence electrons. The summed E-state index contributed by atoms with van der Waals surface area (Å²) in [6, 6.07) is 10.3. The molecule has 0 bridgehead atoms. The molecule has 1 saturated carbocycles. The van der Waals surface area contributed by atoms with E-state index in [-0.39, 0.29) is 17.5 Å². The number of likely N-dealkylation sites (tertiary alicyclic amines) is 1. The molecule has 0 spiro atoms. The summed E-state index contributed by atoms with van der Waals surface area (Å²) in [6.07, 6.45) is 10.8. The Morgan fingerprint density at radius 1 is 1.11 bits per heavy atom. The van der Waals surface area contributed by atoms with E-state index in [4.69, 9.17) is 0 Å². The fraction of sp³-hybridized carbons (Fsp3) is 0.571. The van der Waals surface area contributed by atoms with Crippen molar-refractivity contribution in [2.24, 2.45) is 0 Å². The van der Waals surface area contributed by atoms with Crippen LogP contribution in [0.2, 0.25) is 0 Å². The van der Waals surface area contributed by atoms with Crippen molar-refractivity contribution in [3.8, 4) is 0 Å². The molecule has 1 aliphatic carbocycles. The molecule has 2 fully saturated rings. The van der Waals surface area contributed by atoms with E-state index in [0.717, 1.165) is 57.3 Å². The Morgan fingerprint density at radius 3 is 2.52 bits per heavy atom. The van der Waals surface area contributed by atoms with Gasteiger partial charge in [-0.3, -0.25) is 14.4 Å². The van der Waals surface area contributed by atoms with Gasteiger partial charge in [0.2, 0.25) is 5.91 Å². The Labute approximate surface area is 161 Å². The molecule has 1 saturated heterocycles. The number of carbonyl (C=O) groups is 1. The number of nitrogens with one attached hydrogen (secondary N) is 1. The molecular formula is C21H29N5O. The van der Waals surface area contributed by atoms with Crippen LogP contribution in [0.25, 0.3) is 0 Å². The van der Waals surface area contributed by atoms with Gasteiger partial charge in [0, 0.05) is 6.54 Å². The number of aryl methyl sites for hydroxylation is 1. The molecule has 6 nitrogen and oxygen atoms in total. The van der Waals surface area contributed by atoms with E-state index in [2.05, 4.69) is 32.4 Å². The molecule has 1 aromatic carbocycles. The quantitative estimate of drug-likeness (QED) is 0.817. The van der Waals surface area contributed by atoms with Gasteiger partial charge < -0.3 is 5.32 Å². The number of aromatic nitrogens is 3. The second kappa shape index (κ2) is 8.21.